The van der Waals surface area contributed by atoms with Crippen molar-refractivity contribution in [1.29, 1.82) is 0 Å². The van der Waals surface area contributed by atoms with Gasteiger partial charge in [-0.05, 0) is 76.0 Å². The fraction of sp³-hybridized carbons (Fsp3) is 0.517. The highest BCUT2D eigenvalue weighted by atomic mass is 32.2. The number of sulfone groups is 1. The maximum atomic E-state index is 13.5. The fourth-order valence-electron chi connectivity index (χ4n) is 4.57. The summed E-state index contributed by atoms with van der Waals surface area (Å²) in [6.07, 6.45) is 15.9. The van der Waals surface area contributed by atoms with Crippen LogP contribution in [0.15, 0.2) is 81.8 Å². The van der Waals surface area contributed by atoms with Crippen molar-refractivity contribution in [2.75, 3.05) is 0 Å². The summed E-state index contributed by atoms with van der Waals surface area (Å²) in [6.45, 7) is 13.1. The van der Waals surface area contributed by atoms with Gasteiger partial charge in [0.25, 0.3) is 0 Å². The maximum absolute atomic E-state index is 13.5. The number of rotatable bonds is 10. The molecular formula is C29H42O2S. The Kier molecular flexibility index (Phi) is 9.76. The molecule has 0 amide bonds. The van der Waals surface area contributed by atoms with E-state index in [9.17, 15) is 8.42 Å². The van der Waals surface area contributed by atoms with Crippen molar-refractivity contribution in [3.05, 3.63) is 76.9 Å². The topological polar surface area (TPSA) is 34.1 Å². The molecule has 0 fully saturated rings. The van der Waals surface area contributed by atoms with Crippen LogP contribution in [0, 0.1) is 5.41 Å². The molecule has 1 aliphatic carbocycles. The van der Waals surface area contributed by atoms with E-state index in [1.807, 2.05) is 19.1 Å². The van der Waals surface area contributed by atoms with Crippen LogP contribution in [0.3, 0.4) is 0 Å². The van der Waals surface area contributed by atoms with Crippen LogP contribution in [-0.2, 0) is 9.84 Å². The van der Waals surface area contributed by atoms with E-state index in [1.165, 1.54) is 24.0 Å². The number of allylic oxidation sites excluding steroid dienone is 7. The molecule has 0 bridgehead atoms. The van der Waals surface area contributed by atoms with E-state index < -0.39 is 15.1 Å². The summed E-state index contributed by atoms with van der Waals surface area (Å²) in [5.74, 6) is 0. The molecule has 1 aromatic rings. The summed E-state index contributed by atoms with van der Waals surface area (Å²) in [6, 6.07) is 8.86. The van der Waals surface area contributed by atoms with Gasteiger partial charge in [0.2, 0.25) is 0 Å². The summed E-state index contributed by atoms with van der Waals surface area (Å²) < 4.78 is 27.0. The highest BCUT2D eigenvalue weighted by Gasteiger charge is 2.27. The average Bonchev–Trinajstić information content (AvgIpc) is 2.73. The zero-order chi connectivity index (χ0) is 23.8. The van der Waals surface area contributed by atoms with Crippen molar-refractivity contribution < 1.29 is 8.42 Å². The average molecular weight is 455 g/mol. The zero-order valence-corrected chi connectivity index (χ0v) is 21.8. The molecular weight excluding hydrogens is 412 g/mol. The van der Waals surface area contributed by atoms with Gasteiger partial charge < -0.3 is 0 Å². The third-order valence-corrected chi connectivity index (χ3v) is 8.58. The Bertz CT molecular complexity index is 973. The van der Waals surface area contributed by atoms with Gasteiger partial charge in [-0.2, -0.15) is 0 Å². The monoisotopic (exact) mass is 454 g/mol. The lowest BCUT2D eigenvalue weighted by Crippen LogP contribution is -2.20. The molecule has 0 saturated carbocycles. The van der Waals surface area contributed by atoms with Crippen LogP contribution in [0.25, 0.3) is 0 Å². The Hall–Kier alpha value is -1.87. The smallest absolute Gasteiger partial charge is 0.185 e. The van der Waals surface area contributed by atoms with E-state index in [0.717, 1.165) is 36.8 Å². The predicted molar refractivity (Wildman–Crippen MR) is 139 cm³/mol. The van der Waals surface area contributed by atoms with Crippen LogP contribution in [-0.4, -0.2) is 13.7 Å². The molecule has 1 unspecified atom stereocenters. The van der Waals surface area contributed by atoms with E-state index in [1.54, 1.807) is 24.3 Å². The molecule has 1 aromatic carbocycles. The highest BCUT2D eigenvalue weighted by molar-refractivity contribution is 7.92. The van der Waals surface area contributed by atoms with Crippen molar-refractivity contribution in [3.8, 4) is 0 Å². The summed E-state index contributed by atoms with van der Waals surface area (Å²) in [5, 5.41) is -0.568. The highest BCUT2D eigenvalue weighted by Crippen LogP contribution is 2.40. The van der Waals surface area contributed by atoms with Gasteiger partial charge in [0.05, 0.1) is 10.1 Å². The Morgan fingerprint density at radius 2 is 1.84 bits per heavy atom. The van der Waals surface area contributed by atoms with E-state index in [-0.39, 0.29) is 5.41 Å². The molecule has 0 spiro atoms. The predicted octanol–water partition coefficient (Wildman–Crippen LogP) is 8.38. The van der Waals surface area contributed by atoms with Gasteiger partial charge in [-0.15, -0.1) is 0 Å². The molecule has 3 heteroatoms. The second-order valence-corrected chi connectivity index (χ2v) is 12.1. The Balaban J connectivity index is 2.36. The molecule has 2 nitrogen and oxygen atoms in total. The first-order valence-corrected chi connectivity index (χ1v) is 13.6. The van der Waals surface area contributed by atoms with E-state index >= 15 is 0 Å². The lowest BCUT2D eigenvalue weighted by Gasteiger charge is -2.33. The van der Waals surface area contributed by atoms with Crippen molar-refractivity contribution >= 4 is 9.84 Å². The number of benzene rings is 1. The molecule has 0 N–H and O–H groups in total. The largest absolute Gasteiger partial charge is 0.223 e. The summed E-state index contributed by atoms with van der Waals surface area (Å²) >= 11 is 0. The van der Waals surface area contributed by atoms with E-state index in [0.29, 0.717) is 11.3 Å². The first kappa shape index (κ1) is 26.4. The number of hydrogen-bond acceptors (Lipinski definition) is 2. The molecule has 0 aromatic heterocycles. The van der Waals surface area contributed by atoms with E-state index in [2.05, 4.69) is 52.8 Å². The van der Waals surface area contributed by atoms with Gasteiger partial charge in [-0.1, -0.05) is 92.8 Å². The molecule has 176 valence electrons. The molecule has 0 saturated heterocycles. The van der Waals surface area contributed by atoms with Gasteiger partial charge in [-0.25, -0.2) is 8.42 Å². The van der Waals surface area contributed by atoms with Gasteiger partial charge in [-0.3, -0.25) is 0 Å². The van der Waals surface area contributed by atoms with E-state index in [4.69, 9.17) is 0 Å². The SMILES string of the molecule is CCCC/C=C(\C)CC(/C=C(C)/C=C/C1=C(C)CCCC1(C)C)S(=O)(=O)c1ccccc1. The summed E-state index contributed by atoms with van der Waals surface area (Å²) in [4.78, 5) is 0.395. The molecule has 0 radical (unpaired) electrons. The molecule has 0 heterocycles. The summed E-state index contributed by atoms with van der Waals surface area (Å²) in [7, 11) is -3.46. The van der Waals surface area contributed by atoms with Crippen LogP contribution in [0.1, 0.15) is 86.5 Å². The standard InChI is InChI=1S/C29H42O2S/c1-7-8-10-14-23(2)21-27(32(30,31)26-16-11-9-12-17-26)22-24(3)18-19-28-25(4)15-13-20-29(28,5)6/h9,11-12,14,16-19,22,27H,7-8,10,13,15,20-21H2,1-6H3/b19-18+,23-14+,24-22+. The van der Waals surface area contributed by atoms with Crippen LogP contribution >= 0.6 is 0 Å². The normalized spacial score (nSPS) is 18.9. The second-order valence-electron chi connectivity index (χ2n) is 9.97. The number of unbranched alkanes of at least 4 members (excludes halogenated alkanes) is 2. The van der Waals surface area contributed by atoms with Crippen molar-refractivity contribution in [3.63, 3.8) is 0 Å². The molecule has 32 heavy (non-hydrogen) atoms. The Morgan fingerprint density at radius 3 is 2.47 bits per heavy atom. The number of hydrogen-bond donors (Lipinski definition) is 0. The van der Waals surface area contributed by atoms with Crippen molar-refractivity contribution in [2.24, 2.45) is 5.41 Å². The molecule has 2 rings (SSSR count). The lowest BCUT2D eigenvalue weighted by molar-refractivity contribution is 0.377. The minimum Gasteiger partial charge on any atom is -0.223 e. The minimum absolute atomic E-state index is 0.174. The Labute approximate surface area is 197 Å². The van der Waals surface area contributed by atoms with Crippen LogP contribution in [0.5, 0.6) is 0 Å². The van der Waals surface area contributed by atoms with Crippen LogP contribution in [0.4, 0.5) is 0 Å². The van der Waals surface area contributed by atoms with Crippen molar-refractivity contribution in [2.45, 2.75) is 96.6 Å². The van der Waals surface area contributed by atoms with Crippen LogP contribution in [0.2, 0.25) is 0 Å². The molecule has 0 aliphatic heterocycles. The molecule has 1 atom stereocenters. The maximum Gasteiger partial charge on any atom is 0.185 e. The van der Waals surface area contributed by atoms with Gasteiger partial charge in [0, 0.05) is 0 Å². The molecule has 1 aliphatic rings. The second kappa shape index (κ2) is 11.8. The zero-order valence-electron chi connectivity index (χ0n) is 20.9. The van der Waals surface area contributed by atoms with Crippen LogP contribution < -0.4 is 0 Å². The summed E-state index contributed by atoms with van der Waals surface area (Å²) in [5.41, 5.74) is 5.16. The van der Waals surface area contributed by atoms with Crippen molar-refractivity contribution in [1.82, 2.24) is 0 Å². The van der Waals surface area contributed by atoms with Gasteiger partial charge in [0.15, 0.2) is 9.84 Å². The van der Waals surface area contributed by atoms with Gasteiger partial charge >= 0.3 is 0 Å². The Morgan fingerprint density at radius 1 is 1.16 bits per heavy atom. The lowest BCUT2D eigenvalue weighted by atomic mass is 9.72. The van der Waals surface area contributed by atoms with Gasteiger partial charge in [0.1, 0.15) is 0 Å². The third-order valence-electron chi connectivity index (χ3n) is 6.55. The quantitative estimate of drug-likeness (QED) is 0.202. The first-order chi connectivity index (χ1) is 15.1. The minimum atomic E-state index is -3.46. The third kappa shape index (κ3) is 7.33. The first-order valence-electron chi connectivity index (χ1n) is 12.1. The fourth-order valence-corrected chi connectivity index (χ4v) is 6.33.